The Balaban J connectivity index is 2.26. The molecule has 1 atom stereocenters. The summed E-state index contributed by atoms with van der Waals surface area (Å²) in [5.74, 6) is 2.66. The van der Waals surface area contributed by atoms with Gasteiger partial charge in [0.2, 0.25) is 0 Å². The van der Waals surface area contributed by atoms with Gasteiger partial charge in [-0.1, -0.05) is 53.4 Å². The summed E-state index contributed by atoms with van der Waals surface area (Å²) in [6, 6.07) is 10.4. The first-order valence-electron chi connectivity index (χ1n) is 8.55. The number of ether oxygens (including phenoxy) is 4. The van der Waals surface area contributed by atoms with Crippen LogP contribution in [0.5, 0.6) is 11.5 Å². The number of terminal acetylenes is 1. The molecule has 0 fully saturated rings. The SMILES string of the molecule is C#CC(C)Oc1c(Cl)cc(OCc2ccccc2/C(=C\OC)C(=O)OC)cc1Cl. The van der Waals surface area contributed by atoms with E-state index < -0.39 is 12.1 Å². The molecular formula is C22H20Cl2O5. The van der Waals surface area contributed by atoms with Crippen LogP contribution in [0.25, 0.3) is 5.57 Å². The third-order valence-corrected chi connectivity index (χ3v) is 4.41. The van der Waals surface area contributed by atoms with Gasteiger partial charge in [-0.25, -0.2) is 4.79 Å². The molecule has 0 saturated heterocycles. The van der Waals surface area contributed by atoms with Crippen LogP contribution in [-0.2, 0) is 20.9 Å². The van der Waals surface area contributed by atoms with Gasteiger partial charge in [0, 0.05) is 12.1 Å². The van der Waals surface area contributed by atoms with Crippen LogP contribution in [0.2, 0.25) is 10.0 Å². The number of halogens is 2. The van der Waals surface area contributed by atoms with Crippen LogP contribution in [0.1, 0.15) is 18.1 Å². The second kappa shape index (κ2) is 10.7. The molecule has 0 bridgehead atoms. The zero-order chi connectivity index (χ0) is 21.4. The second-order valence-electron chi connectivity index (χ2n) is 5.85. The fourth-order valence-electron chi connectivity index (χ4n) is 2.46. The minimum atomic E-state index is -0.519. The highest BCUT2D eigenvalue weighted by atomic mass is 35.5. The number of carbonyl (C=O) groups is 1. The first-order chi connectivity index (χ1) is 13.9. The summed E-state index contributed by atoms with van der Waals surface area (Å²) in [5.41, 5.74) is 1.65. The zero-order valence-electron chi connectivity index (χ0n) is 16.2. The van der Waals surface area contributed by atoms with Crippen molar-refractivity contribution in [1.82, 2.24) is 0 Å². The van der Waals surface area contributed by atoms with Gasteiger partial charge < -0.3 is 18.9 Å². The number of carbonyl (C=O) groups excluding carboxylic acids is 1. The molecule has 2 rings (SSSR count). The maximum absolute atomic E-state index is 12.1. The molecule has 0 radical (unpaired) electrons. The van der Waals surface area contributed by atoms with Crippen molar-refractivity contribution in [3.05, 3.63) is 63.8 Å². The molecule has 0 aliphatic heterocycles. The van der Waals surface area contributed by atoms with Crippen molar-refractivity contribution in [1.29, 1.82) is 0 Å². The van der Waals surface area contributed by atoms with E-state index in [-0.39, 0.29) is 22.2 Å². The van der Waals surface area contributed by atoms with Gasteiger partial charge in [-0.3, -0.25) is 0 Å². The summed E-state index contributed by atoms with van der Waals surface area (Å²) in [6.45, 7) is 1.86. The van der Waals surface area contributed by atoms with Gasteiger partial charge in [-0.2, -0.15) is 0 Å². The molecule has 0 aliphatic carbocycles. The van der Waals surface area contributed by atoms with E-state index in [1.807, 2.05) is 12.1 Å². The molecule has 0 aromatic heterocycles. The Morgan fingerprint density at radius 1 is 1.21 bits per heavy atom. The van der Waals surface area contributed by atoms with Crippen LogP contribution in [0.4, 0.5) is 0 Å². The fourth-order valence-corrected chi connectivity index (χ4v) is 3.02. The first kappa shape index (κ1) is 22.5. The Hall–Kier alpha value is -2.81. The molecule has 7 heteroatoms. The predicted molar refractivity (Wildman–Crippen MR) is 113 cm³/mol. The molecule has 0 heterocycles. The Morgan fingerprint density at radius 3 is 2.45 bits per heavy atom. The van der Waals surface area contributed by atoms with E-state index in [0.29, 0.717) is 17.1 Å². The lowest BCUT2D eigenvalue weighted by Crippen LogP contribution is -2.09. The number of hydrogen-bond acceptors (Lipinski definition) is 5. The molecule has 2 aromatic rings. The van der Waals surface area contributed by atoms with E-state index in [4.69, 9.17) is 48.6 Å². The van der Waals surface area contributed by atoms with E-state index in [1.54, 1.807) is 31.2 Å². The molecule has 0 aliphatic rings. The van der Waals surface area contributed by atoms with E-state index >= 15 is 0 Å². The topological polar surface area (TPSA) is 54.0 Å². The molecule has 152 valence electrons. The van der Waals surface area contributed by atoms with Crippen molar-refractivity contribution < 1.29 is 23.7 Å². The Morgan fingerprint density at radius 2 is 1.86 bits per heavy atom. The van der Waals surface area contributed by atoms with E-state index in [9.17, 15) is 4.79 Å². The summed E-state index contributed by atoms with van der Waals surface area (Å²) < 4.78 is 21.2. The van der Waals surface area contributed by atoms with Crippen LogP contribution in [0, 0.1) is 12.3 Å². The van der Waals surface area contributed by atoms with Crippen molar-refractivity contribution in [3.63, 3.8) is 0 Å². The minimum Gasteiger partial charge on any atom is -0.503 e. The van der Waals surface area contributed by atoms with Gasteiger partial charge in [0.25, 0.3) is 0 Å². The maximum Gasteiger partial charge on any atom is 0.341 e. The van der Waals surface area contributed by atoms with Gasteiger partial charge in [-0.05, 0) is 18.1 Å². The molecule has 29 heavy (non-hydrogen) atoms. The van der Waals surface area contributed by atoms with Crippen LogP contribution < -0.4 is 9.47 Å². The normalized spacial score (nSPS) is 11.9. The van der Waals surface area contributed by atoms with Gasteiger partial charge in [0.1, 0.15) is 17.9 Å². The summed E-state index contributed by atoms with van der Waals surface area (Å²) in [7, 11) is 2.76. The lowest BCUT2D eigenvalue weighted by atomic mass is 10.0. The van der Waals surface area contributed by atoms with Crippen LogP contribution in [0.3, 0.4) is 0 Å². The average Bonchev–Trinajstić information content (AvgIpc) is 2.72. The highest BCUT2D eigenvalue weighted by Gasteiger charge is 2.18. The Bertz CT molecular complexity index is 923. The molecule has 1 unspecified atom stereocenters. The second-order valence-corrected chi connectivity index (χ2v) is 6.66. The Labute approximate surface area is 180 Å². The van der Waals surface area contributed by atoms with Crippen LogP contribution >= 0.6 is 23.2 Å². The molecular weight excluding hydrogens is 415 g/mol. The number of esters is 1. The van der Waals surface area contributed by atoms with E-state index in [1.165, 1.54) is 20.5 Å². The lowest BCUT2D eigenvalue weighted by Gasteiger charge is -2.15. The standard InChI is InChI=1S/C22H20Cl2O5/c1-5-14(2)29-21-19(23)10-16(11-20(21)24)28-12-15-8-6-7-9-17(15)18(13-26-3)22(25)27-4/h1,6-11,13-14H,12H2,2-4H3/b18-13+. The molecule has 0 spiro atoms. The molecule has 5 nitrogen and oxygen atoms in total. The van der Waals surface area contributed by atoms with E-state index in [0.717, 1.165) is 5.56 Å². The molecule has 0 saturated carbocycles. The average molecular weight is 435 g/mol. The zero-order valence-corrected chi connectivity index (χ0v) is 17.7. The third-order valence-electron chi connectivity index (χ3n) is 3.84. The number of methoxy groups -OCH3 is 2. The summed E-state index contributed by atoms with van der Waals surface area (Å²) >= 11 is 12.5. The molecule has 0 amide bonds. The van der Waals surface area contributed by atoms with Crippen molar-refractivity contribution in [2.75, 3.05) is 14.2 Å². The minimum absolute atomic E-state index is 0.155. The van der Waals surface area contributed by atoms with Crippen molar-refractivity contribution in [2.45, 2.75) is 19.6 Å². The summed E-state index contributed by atoms with van der Waals surface area (Å²) in [5, 5.41) is 0.551. The van der Waals surface area contributed by atoms with Gasteiger partial charge in [0.15, 0.2) is 11.9 Å². The van der Waals surface area contributed by atoms with Crippen LogP contribution in [0.15, 0.2) is 42.7 Å². The number of rotatable bonds is 8. The van der Waals surface area contributed by atoms with Crippen molar-refractivity contribution in [2.24, 2.45) is 0 Å². The van der Waals surface area contributed by atoms with Crippen LogP contribution in [-0.4, -0.2) is 26.3 Å². The Kier molecular flexibility index (Phi) is 8.26. The number of benzene rings is 2. The summed E-state index contributed by atoms with van der Waals surface area (Å²) in [6.07, 6.45) is 6.17. The molecule has 0 N–H and O–H groups in total. The predicted octanol–water partition coefficient (Wildman–Crippen LogP) is 5.13. The van der Waals surface area contributed by atoms with Gasteiger partial charge in [-0.15, -0.1) is 6.42 Å². The third kappa shape index (κ3) is 5.83. The molecule has 2 aromatic carbocycles. The van der Waals surface area contributed by atoms with E-state index in [2.05, 4.69) is 5.92 Å². The quantitative estimate of drug-likeness (QED) is 0.249. The largest absolute Gasteiger partial charge is 0.503 e. The van der Waals surface area contributed by atoms with Crippen molar-refractivity contribution in [3.8, 4) is 23.8 Å². The summed E-state index contributed by atoms with van der Waals surface area (Å²) in [4.78, 5) is 12.1. The monoisotopic (exact) mass is 434 g/mol. The smallest absolute Gasteiger partial charge is 0.341 e. The first-order valence-corrected chi connectivity index (χ1v) is 9.31. The highest BCUT2D eigenvalue weighted by molar-refractivity contribution is 6.37. The fraction of sp³-hybridized carbons (Fsp3) is 0.227. The van der Waals surface area contributed by atoms with Crippen molar-refractivity contribution >= 4 is 34.7 Å². The maximum atomic E-state index is 12.1. The van der Waals surface area contributed by atoms with Gasteiger partial charge >= 0.3 is 5.97 Å². The number of hydrogen-bond donors (Lipinski definition) is 0. The lowest BCUT2D eigenvalue weighted by molar-refractivity contribution is -0.133. The highest BCUT2D eigenvalue weighted by Crippen LogP contribution is 2.38. The van der Waals surface area contributed by atoms with Gasteiger partial charge in [0.05, 0.1) is 30.5 Å².